The normalized spacial score (nSPS) is 9.82. The summed E-state index contributed by atoms with van der Waals surface area (Å²) in [5.74, 6) is -0.440. The highest BCUT2D eigenvalue weighted by Crippen LogP contribution is 2.10. The van der Waals surface area contributed by atoms with Gasteiger partial charge in [-0.1, -0.05) is 0 Å². The molecule has 1 rings (SSSR count). The van der Waals surface area contributed by atoms with E-state index >= 15 is 0 Å². The summed E-state index contributed by atoms with van der Waals surface area (Å²) in [5.41, 5.74) is 0.312. The van der Waals surface area contributed by atoms with E-state index in [4.69, 9.17) is 0 Å². The van der Waals surface area contributed by atoms with E-state index < -0.39 is 5.97 Å². The first-order chi connectivity index (χ1) is 8.04. The van der Waals surface area contributed by atoms with Gasteiger partial charge in [0, 0.05) is 32.4 Å². The maximum absolute atomic E-state index is 11.2. The van der Waals surface area contributed by atoms with Crippen molar-refractivity contribution in [3.8, 4) is 0 Å². The maximum atomic E-state index is 11.2. The van der Waals surface area contributed by atoms with Gasteiger partial charge in [-0.05, 0) is 0 Å². The average Bonchev–Trinajstić information content (AvgIpc) is 2.76. The van der Waals surface area contributed by atoms with E-state index in [2.05, 4.69) is 15.0 Å². The number of methoxy groups -OCH3 is 1. The van der Waals surface area contributed by atoms with E-state index in [1.54, 1.807) is 19.5 Å². The molecule has 17 heavy (non-hydrogen) atoms. The van der Waals surface area contributed by atoms with E-state index in [1.165, 1.54) is 23.3 Å². The van der Waals surface area contributed by atoms with Crippen molar-refractivity contribution in [1.82, 2.24) is 15.2 Å². The Morgan fingerprint density at radius 3 is 2.82 bits per heavy atom. The minimum Gasteiger partial charge on any atom is -0.464 e. The molecule has 0 fully saturated rings. The molecule has 0 saturated carbocycles. The Bertz CT molecular complexity index is 403. The molecule has 0 spiro atoms. The molecule has 0 unspecified atom stereocenters. The van der Waals surface area contributed by atoms with Crippen molar-refractivity contribution < 1.29 is 14.3 Å². The Kier molecular flexibility index (Phi) is 4.89. The van der Waals surface area contributed by atoms with Gasteiger partial charge in [-0.15, -0.1) is 11.3 Å². The number of rotatable bonds is 4. The molecule has 0 saturated heterocycles. The highest BCUT2D eigenvalue weighted by Gasteiger charge is 2.10. The molecule has 0 aliphatic carbocycles. The van der Waals surface area contributed by atoms with Crippen molar-refractivity contribution in [2.45, 2.75) is 6.42 Å². The number of amides is 2. The fourth-order valence-electron chi connectivity index (χ4n) is 1.06. The molecule has 6 nitrogen and oxygen atoms in total. The minimum absolute atomic E-state index is 0.144. The largest absolute Gasteiger partial charge is 0.464 e. The summed E-state index contributed by atoms with van der Waals surface area (Å²) in [6, 6.07) is -0.144. The summed E-state index contributed by atoms with van der Waals surface area (Å²) in [4.78, 5) is 27.9. The number of hydrogen-bond acceptors (Lipinski definition) is 5. The number of hydrogen-bond donors (Lipinski definition) is 1. The molecule has 1 N–H and O–H groups in total. The van der Waals surface area contributed by atoms with Gasteiger partial charge >= 0.3 is 12.0 Å². The number of aromatic nitrogens is 1. The lowest BCUT2D eigenvalue weighted by molar-refractivity contribution is 0.0594. The highest BCUT2D eigenvalue weighted by atomic mass is 32.1. The van der Waals surface area contributed by atoms with Crippen LogP contribution in [-0.2, 0) is 11.2 Å². The first kappa shape index (κ1) is 13.4. The van der Waals surface area contributed by atoms with Gasteiger partial charge < -0.3 is 15.0 Å². The zero-order valence-corrected chi connectivity index (χ0v) is 10.8. The van der Waals surface area contributed by atoms with Gasteiger partial charge in [0.1, 0.15) is 0 Å². The maximum Gasteiger partial charge on any atom is 0.357 e. The van der Waals surface area contributed by atoms with Crippen LogP contribution in [0.25, 0.3) is 0 Å². The van der Waals surface area contributed by atoms with Crippen molar-refractivity contribution >= 4 is 23.3 Å². The van der Waals surface area contributed by atoms with Crippen LogP contribution < -0.4 is 5.32 Å². The number of thiazole rings is 1. The van der Waals surface area contributed by atoms with Crippen LogP contribution in [-0.4, -0.2) is 49.6 Å². The van der Waals surface area contributed by atoms with E-state index in [0.717, 1.165) is 5.01 Å². The Hall–Kier alpha value is -1.63. The first-order valence-electron chi connectivity index (χ1n) is 5.02. The molecule has 7 heteroatoms. The number of carbonyl (C=O) groups is 2. The summed E-state index contributed by atoms with van der Waals surface area (Å²) in [7, 11) is 4.67. The SMILES string of the molecule is COC(=O)c1csc(CCNC(=O)N(C)C)n1. The van der Waals surface area contributed by atoms with Crippen molar-refractivity contribution in [2.75, 3.05) is 27.7 Å². The molecular weight excluding hydrogens is 242 g/mol. The Balaban J connectivity index is 2.40. The quantitative estimate of drug-likeness (QED) is 0.808. The van der Waals surface area contributed by atoms with Crippen LogP contribution in [0.15, 0.2) is 5.38 Å². The third kappa shape index (κ3) is 4.03. The predicted molar refractivity (Wildman–Crippen MR) is 64.2 cm³/mol. The van der Waals surface area contributed by atoms with Crippen molar-refractivity contribution in [3.63, 3.8) is 0 Å². The van der Waals surface area contributed by atoms with Crippen molar-refractivity contribution in [1.29, 1.82) is 0 Å². The van der Waals surface area contributed by atoms with Crippen LogP contribution in [0, 0.1) is 0 Å². The van der Waals surface area contributed by atoms with E-state index in [0.29, 0.717) is 18.7 Å². The molecule has 1 heterocycles. The van der Waals surface area contributed by atoms with Gasteiger partial charge in [0.2, 0.25) is 0 Å². The molecule has 0 atom stereocenters. The summed E-state index contributed by atoms with van der Waals surface area (Å²) < 4.78 is 4.55. The van der Waals surface area contributed by atoms with E-state index in [-0.39, 0.29) is 6.03 Å². The standard InChI is InChI=1S/C10H15N3O3S/c1-13(2)10(15)11-5-4-8-12-7(6-17-8)9(14)16-3/h6H,4-5H2,1-3H3,(H,11,15). The zero-order valence-electron chi connectivity index (χ0n) is 10.0. The molecule has 94 valence electrons. The number of esters is 1. The van der Waals surface area contributed by atoms with E-state index in [1.807, 2.05) is 0 Å². The molecule has 0 aliphatic heterocycles. The summed E-state index contributed by atoms with van der Waals surface area (Å²) >= 11 is 1.38. The van der Waals surface area contributed by atoms with Crippen LogP contribution in [0.5, 0.6) is 0 Å². The molecule has 0 bridgehead atoms. The fraction of sp³-hybridized carbons (Fsp3) is 0.500. The van der Waals surface area contributed by atoms with Gasteiger partial charge in [-0.2, -0.15) is 0 Å². The third-order valence-corrected chi connectivity index (χ3v) is 2.88. The monoisotopic (exact) mass is 257 g/mol. The smallest absolute Gasteiger partial charge is 0.357 e. The molecule has 1 aromatic heterocycles. The fourth-order valence-corrected chi connectivity index (χ4v) is 1.83. The van der Waals surface area contributed by atoms with Crippen LogP contribution in [0.4, 0.5) is 4.79 Å². The molecule has 0 aromatic carbocycles. The van der Waals surface area contributed by atoms with Gasteiger partial charge in [0.25, 0.3) is 0 Å². The average molecular weight is 257 g/mol. The summed E-state index contributed by atoms with van der Waals surface area (Å²) in [6.07, 6.45) is 0.598. The molecule has 0 aliphatic rings. The van der Waals surface area contributed by atoms with Crippen molar-refractivity contribution in [2.24, 2.45) is 0 Å². The lowest BCUT2D eigenvalue weighted by Crippen LogP contribution is -2.35. The van der Waals surface area contributed by atoms with Crippen LogP contribution >= 0.6 is 11.3 Å². The lowest BCUT2D eigenvalue weighted by Gasteiger charge is -2.10. The number of carbonyl (C=O) groups excluding carboxylic acids is 2. The number of urea groups is 1. The second kappa shape index (κ2) is 6.19. The van der Waals surface area contributed by atoms with Crippen LogP contribution in [0.2, 0.25) is 0 Å². The van der Waals surface area contributed by atoms with Gasteiger partial charge in [-0.3, -0.25) is 0 Å². The van der Waals surface area contributed by atoms with Gasteiger partial charge in [0.15, 0.2) is 5.69 Å². The lowest BCUT2D eigenvalue weighted by atomic mass is 10.4. The second-order valence-corrected chi connectivity index (χ2v) is 4.44. The molecule has 1 aromatic rings. The Labute approximate surface area is 104 Å². The Morgan fingerprint density at radius 1 is 1.53 bits per heavy atom. The summed E-state index contributed by atoms with van der Waals surface area (Å²) in [5, 5.41) is 5.16. The third-order valence-electron chi connectivity index (χ3n) is 1.97. The topological polar surface area (TPSA) is 71.5 Å². The summed E-state index contributed by atoms with van der Waals surface area (Å²) in [6.45, 7) is 0.491. The number of ether oxygens (including phenoxy) is 1. The first-order valence-corrected chi connectivity index (χ1v) is 5.90. The van der Waals surface area contributed by atoms with E-state index in [9.17, 15) is 9.59 Å². The molecular formula is C10H15N3O3S. The number of nitrogens with one attached hydrogen (secondary N) is 1. The van der Waals surface area contributed by atoms with Gasteiger partial charge in [-0.25, -0.2) is 14.6 Å². The highest BCUT2D eigenvalue weighted by molar-refractivity contribution is 7.09. The Morgan fingerprint density at radius 2 is 2.24 bits per heavy atom. The van der Waals surface area contributed by atoms with Gasteiger partial charge in [0.05, 0.1) is 12.1 Å². The second-order valence-electron chi connectivity index (χ2n) is 3.49. The number of nitrogens with zero attached hydrogens (tertiary/aromatic N) is 2. The van der Waals surface area contributed by atoms with Crippen LogP contribution in [0.3, 0.4) is 0 Å². The van der Waals surface area contributed by atoms with Crippen LogP contribution in [0.1, 0.15) is 15.5 Å². The predicted octanol–water partition coefficient (Wildman–Crippen LogP) is 0.743. The molecule has 2 amide bonds. The molecule has 0 radical (unpaired) electrons. The zero-order chi connectivity index (χ0) is 12.8. The van der Waals surface area contributed by atoms with Crippen molar-refractivity contribution in [3.05, 3.63) is 16.1 Å². The minimum atomic E-state index is -0.440.